The molecule has 1 unspecified atom stereocenters. The van der Waals surface area contributed by atoms with Gasteiger partial charge in [0.2, 0.25) is 0 Å². The first-order valence-electron chi connectivity index (χ1n) is 5.02. The Balaban J connectivity index is 0. The number of quaternary nitrogens is 1. The van der Waals surface area contributed by atoms with Gasteiger partial charge in [-0.3, -0.25) is 0 Å². The van der Waals surface area contributed by atoms with Gasteiger partial charge in [0.05, 0.1) is 35.1 Å². The fourth-order valence-corrected chi connectivity index (χ4v) is 1.51. The molecule has 0 rings (SSSR count). The third-order valence-electron chi connectivity index (χ3n) is 2.58. The van der Waals surface area contributed by atoms with Gasteiger partial charge in [0, 0.05) is 0 Å². The number of unbranched alkanes of at least 4 members (excludes halogenated alkanes) is 1. The molecular formula is C10H27BN+. The summed E-state index contributed by atoms with van der Waals surface area (Å²) >= 11 is 0. The van der Waals surface area contributed by atoms with Gasteiger partial charge in [-0.1, -0.05) is 20.3 Å². The zero-order chi connectivity index (χ0) is 8.74. The van der Waals surface area contributed by atoms with E-state index in [0.717, 1.165) is 0 Å². The first-order valence-corrected chi connectivity index (χ1v) is 5.02. The summed E-state index contributed by atoms with van der Waals surface area (Å²) in [5, 5.41) is 0. The number of hydrogen-bond acceptors (Lipinski definition) is 0. The van der Waals surface area contributed by atoms with E-state index in [0.29, 0.717) is 0 Å². The Labute approximate surface area is 80.3 Å². The molecule has 1 atom stereocenters. The van der Waals surface area contributed by atoms with Gasteiger partial charge in [0.15, 0.2) is 0 Å². The van der Waals surface area contributed by atoms with Crippen molar-refractivity contribution in [3.63, 3.8) is 0 Å². The van der Waals surface area contributed by atoms with Gasteiger partial charge in [-0.2, -0.15) is 0 Å². The zero-order valence-electron chi connectivity index (χ0n) is 8.69. The third-order valence-corrected chi connectivity index (χ3v) is 2.58. The molecule has 0 saturated carbocycles. The summed E-state index contributed by atoms with van der Waals surface area (Å²) in [5.74, 6) is 0. The lowest BCUT2D eigenvalue weighted by Gasteiger charge is -2.33. The molecule has 2 heteroatoms. The summed E-state index contributed by atoms with van der Waals surface area (Å²) in [6.07, 6.45) is 4.02. The third kappa shape index (κ3) is 5.65. The molecule has 74 valence electrons. The molecule has 0 aromatic carbocycles. The van der Waals surface area contributed by atoms with E-state index in [2.05, 4.69) is 27.8 Å². The molecule has 0 bridgehead atoms. The zero-order valence-corrected chi connectivity index (χ0v) is 8.69. The van der Waals surface area contributed by atoms with Crippen molar-refractivity contribution < 1.29 is 4.48 Å². The van der Waals surface area contributed by atoms with E-state index in [9.17, 15) is 0 Å². The van der Waals surface area contributed by atoms with Crippen LogP contribution in [0.4, 0.5) is 0 Å². The van der Waals surface area contributed by atoms with E-state index < -0.39 is 0 Å². The minimum Gasteiger partial charge on any atom is -0.326 e. The predicted molar refractivity (Wildman–Crippen MR) is 61.6 cm³/mol. The van der Waals surface area contributed by atoms with Crippen LogP contribution in [0.25, 0.3) is 0 Å². The van der Waals surface area contributed by atoms with Gasteiger partial charge in [0.1, 0.15) is 0 Å². The van der Waals surface area contributed by atoms with Crippen molar-refractivity contribution in [2.24, 2.45) is 0 Å². The van der Waals surface area contributed by atoms with E-state index in [-0.39, 0.29) is 8.41 Å². The van der Waals surface area contributed by atoms with Crippen LogP contribution in [0.15, 0.2) is 0 Å². The maximum Gasteiger partial charge on any atom is 0.0814 e. The highest BCUT2D eigenvalue weighted by atomic mass is 15.3. The van der Waals surface area contributed by atoms with Crippen molar-refractivity contribution in [3.05, 3.63) is 0 Å². The van der Waals surface area contributed by atoms with Gasteiger partial charge < -0.3 is 4.48 Å². The highest BCUT2D eigenvalue weighted by Gasteiger charge is 2.15. The van der Waals surface area contributed by atoms with E-state index >= 15 is 0 Å². The van der Waals surface area contributed by atoms with Gasteiger partial charge >= 0.3 is 0 Å². The summed E-state index contributed by atoms with van der Waals surface area (Å²) in [5.41, 5.74) is 0. The molecule has 0 aliphatic heterocycles. The summed E-state index contributed by atoms with van der Waals surface area (Å²) < 4.78 is 1.27. The maximum absolute atomic E-state index is 2.37. The topological polar surface area (TPSA) is 0 Å². The van der Waals surface area contributed by atoms with Crippen molar-refractivity contribution in [1.82, 2.24) is 0 Å². The van der Waals surface area contributed by atoms with Crippen LogP contribution in [0, 0.1) is 0 Å². The van der Waals surface area contributed by atoms with Crippen LogP contribution in [0.5, 0.6) is 0 Å². The minimum atomic E-state index is 0. The molecule has 0 amide bonds. The molecule has 0 aliphatic carbocycles. The fourth-order valence-electron chi connectivity index (χ4n) is 1.51. The van der Waals surface area contributed by atoms with Gasteiger partial charge in [-0.25, -0.2) is 0 Å². The number of rotatable bonds is 6. The molecule has 12 heavy (non-hydrogen) atoms. The van der Waals surface area contributed by atoms with Gasteiger partial charge in [-0.15, -0.1) is 0 Å². The largest absolute Gasteiger partial charge is 0.326 e. The molecule has 1 nitrogen and oxygen atoms in total. The smallest absolute Gasteiger partial charge is 0.0814 e. The van der Waals surface area contributed by atoms with Crippen molar-refractivity contribution in [2.45, 2.75) is 40.0 Å². The Bertz CT molecular complexity index is 95.8. The Morgan fingerprint density at radius 3 is 1.83 bits per heavy atom. The first kappa shape index (κ1) is 14.5. The quantitative estimate of drug-likeness (QED) is 0.420. The maximum atomic E-state index is 2.37. The summed E-state index contributed by atoms with van der Waals surface area (Å²) in [6, 6.07) is 0. The molecule has 0 fully saturated rings. The second-order valence-corrected chi connectivity index (χ2v) is 3.74. The Kier molecular flexibility index (Phi) is 9.29. The summed E-state index contributed by atoms with van der Waals surface area (Å²) in [6.45, 7) is 10.8. The predicted octanol–water partition coefficient (Wildman–Crippen LogP) is 1.48. The normalized spacial score (nSPS) is 15.0. The molecule has 0 aromatic rings. The molecule has 0 saturated heterocycles. The Morgan fingerprint density at radius 2 is 1.50 bits per heavy atom. The van der Waals surface area contributed by atoms with Crippen molar-refractivity contribution in [3.8, 4) is 0 Å². The SMILES string of the molecule is B.CCCC[N+](C)(CC)CCC. The molecular weight excluding hydrogens is 145 g/mol. The average molecular weight is 172 g/mol. The molecule has 0 spiro atoms. The van der Waals surface area contributed by atoms with E-state index in [1.165, 1.54) is 43.4 Å². The Hall–Kier alpha value is 0.0249. The molecule has 0 aromatic heterocycles. The fraction of sp³-hybridized carbons (Fsp3) is 1.00. The summed E-state index contributed by atoms with van der Waals surface area (Å²) in [4.78, 5) is 0. The molecule has 0 heterocycles. The lowest BCUT2D eigenvalue weighted by molar-refractivity contribution is -0.908. The van der Waals surface area contributed by atoms with E-state index in [1.54, 1.807) is 0 Å². The molecule has 0 radical (unpaired) electrons. The Morgan fingerprint density at radius 1 is 0.917 bits per heavy atom. The van der Waals surface area contributed by atoms with Crippen LogP contribution in [0.1, 0.15) is 40.0 Å². The van der Waals surface area contributed by atoms with Crippen molar-refractivity contribution in [2.75, 3.05) is 26.7 Å². The number of hydrogen-bond donors (Lipinski definition) is 0. The monoisotopic (exact) mass is 172 g/mol. The highest BCUT2D eigenvalue weighted by molar-refractivity contribution is 5.75. The first-order chi connectivity index (χ1) is 5.18. The van der Waals surface area contributed by atoms with E-state index in [4.69, 9.17) is 0 Å². The lowest BCUT2D eigenvalue weighted by atomic mass is 10.2. The standard InChI is InChI=1S/C10H24N.BH3/c1-5-8-10-11(4,7-3)9-6-2;/h5-10H2,1-4H3;1H3/q+1;. The van der Waals surface area contributed by atoms with Crippen LogP contribution < -0.4 is 0 Å². The van der Waals surface area contributed by atoms with Crippen LogP contribution in [0.3, 0.4) is 0 Å². The van der Waals surface area contributed by atoms with Crippen LogP contribution in [-0.2, 0) is 0 Å². The van der Waals surface area contributed by atoms with Gasteiger partial charge in [-0.05, 0) is 19.8 Å². The summed E-state index contributed by atoms with van der Waals surface area (Å²) in [7, 11) is 2.37. The highest BCUT2D eigenvalue weighted by Crippen LogP contribution is 2.06. The van der Waals surface area contributed by atoms with Gasteiger partial charge in [0.25, 0.3) is 0 Å². The lowest BCUT2D eigenvalue weighted by Crippen LogP contribution is -2.45. The number of nitrogens with zero attached hydrogens (tertiary/aromatic N) is 1. The van der Waals surface area contributed by atoms with Crippen LogP contribution >= 0.6 is 0 Å². The van der Waals surface area contributed by atoms with E-state index in [1.807, 2.05) is 0 Å². The van der Waals surface area contributed by atoms with Crippen molar-refractivity contribution >= 4 is 8.41 Å². The average Bonchev–Trinajstić information content (AvgIpc) is 2.02. The molecule has 0 aliphatic rings. The van der Waals surface area contributed by atoms with Crippen molar-refractivity contribution in [1.29, 1.82) is 0 Å². The van der Waals surface area contributed by atoms with Crippen LogP contribution in [0.2, 0.25) is 0 Å². The van der Waals surface area contributed by atoms with Crippen LogP contribution in [-0.4, -0.2) is 39.6 Å². The molecule has 0 N–H and O–H groups in total. The minimum absolute atomic E-state index is 0. The second-order valence-electron chi connectivity index (χ2n) is 3.74. The second kappa shape index (κ2) is 7.66.